The summed E-state index contributed by atoms with van der Waals surface area (Å²) >= 11 is 0. The quantitative estimate of drug-likeness (QED) is 0.796. The predicted octanol–water partition coefficient (Wildman–Crippen LogP) is 4.74. The van der Waals surface area contributed by atoms with Crippen LogP contribution >= 0.6 is 0 Å². The van der Waals surface area contributed by atoms with E-state index in [1.54, 1.807) is 0 Å². The van der Waals surface area contributed by atoms with E-state index in [0.717, 1.165) is 30.7 Å². The van der Waals surface area contributed by atoms with E-state index in [1.807, 2.05) is 19.1 Å². The molecule has 2 aliphatic heterocycles. The lowest BCUT2D eigenvalue weighted by Gasteiger charge is -2.43. The summed E-state index contributed by atoms with van der Waals surface area (Å²) in [4.78, 5) is 11.9. The molecule has 2 aromatic rings. The molecule has 0 aliphatic carbocycles. The number of carbonyl (C=O) groups is 1. The summed E-state index contributed by atoms with van der Waals surface area (Å²) in [7, 11) is 0. The van der Waals surface area contributed by atoms with Gasteiger partial charge in [0.15, 0.2) is 0 Å². The number of benzene rings is 2. The third-order valence-electron chi connectivity index (χ3n) is 5.58. The monoisotopic (exact) mass is 365 g/mol. The first kappa shape index (κ1) is 18.1. The number of rotatable bonds is 4. The summed E-state index contributed by atoms with van der Waals surface area (Å²) < 4.78 is 11.3. The average molecular weight is 365 g/mol. The molecule has 1 saturated heterocycles. The molecule has 0 saturated carbocycles. The smallest absolute Gasteiger partial charge is 0.310 e. The van der Waals surface area contributed by atoms with E-state index in [1.165, 1.54) is 16.7 Å². The molecule has 0 spiro atoms. The van der Waals surface area contributed by atoms with Gasteiger partial charge in [-0.25, -0.2) is 0 Å². The van der Waals surface area contributed by atoms with Crippen LogP contribution in [-0.4, -0.2) is 19.2 Å². The molecule has 1 fully saturated rings. The normalized spacial score (nSPS) is 23.7. The first-order valence-corrected chi connectivity index (χ1v) is 9.89. The van der Waals surface area contributed by atoms with Crippen LogP contribution in [0.15, 0.2) is 42.5 Å². The van der Waals surface area contributed by atoms with Crippen molar-refractivity contribution in [1.82, 2.24) is 0 Å². The Morgan fingerprint density at radius 2 is 2.15 bits per heavy atom. The Morgan fingerprint density at radius 3 is 3.00 bits per heavy atom. The maximum absolute atomic E-state index is 11.9. The molecule has 0 amide bonds. The van der Waals surface area contributed by atoms with Crippen molar-refractivity contribution in [2.24, 2.45) is 5.92 Å². The van der Waals surface area contributed by atoms with Gasteiger partial charge >= 0.3 is 5.97 Å². The zero-order chi connectivity index (χ0) is 18.8. The van der Waals surface area contributed by atoms with Crippen molar-refractivity contribution in [3.8, 4) is 0 Å². The Bertz CT molecular complexity index is 832. The van der Waals surface area contributed by atoms with Gasteiger partial charge in [-0.1, -0.05) is 42.0 Å². The molecular formula is C23H27NO3. The fraction of sp³-hybridized carbons (Fsp3) is 0.435. The maximum Gasteiger partial charge on any atom is 0.310 e. The van der Waals surface area contributed by atoms with E-state index in [4.69, 9.17) is 9.47 Å². The van der Waals surface area contributed by atoms with Gasteiger partial charge in [0.05, 0.1) is 25.2 Å². The standard InChI is InChI=1S/C23H27NO3/c1-3-26-21(25)14-16-6-4-7-17(13-16)22-18-8-5-11-27-23(18)19-12-15(2)9-10-20(19)24-22/h4,6-7,9-10,12-13,18,22-24H,3,5,8,11,14H2,1-2H3/t18-,22-,23-/m1/s1. The lowest BCUT2D eigenvalue weighted by molar-refractivity contribution is -0.142. The summed E-state index contributed by atoms with van der Waals surface area (Å²) in [6.45, 7) is 5.20. The molecule has 2 aliphatic rings. The van der Waals surface area contributed by atoms with Crippen LogP contribution in [-0.2, 0) is 20.7 Å². The maximum atomic E-state index is 11.9. The first-order chi connectivity index (χ1) is 13.2. The highest BCUT2D eigenvalue weighted by Crippen LogP contribution is 2.49. The summed E-state index contributed by atoms with van der Waals surface area (Å²) in [5.41, 5.74) is 5.90. The van der Waals surface area contributed by atoms with Crippen LogP contribution in [0.3, 0.4) is 0 Å². The third-order valence-corrected chi connectivity index (χ3v) is 5.58. The van der Waals surface area contributed by atoms with Crippen molar-refractivity contribution in [2.75, 3.05) is 18.5 Å². The van der Waals surface area contributed by atoms with E-state index in [2.05, 4.69) is 42.6 Å². The summed E-state index contributed by atoms with van der Waals surface area (Å²) in [6, 6.07) is 15.1. The molecule has 3 atom stereocenters. The minimum atomic E-state index is -0.175. The lowest BCUT2D eigenvalue weighted by atomic mass is 9.77. The van der Waals surface area contributed by atoms with Gasteiger partial charge in [0.2, 0.25) is 0 Å². The van der Waals surface area contributed by atoms with Crippen LogP contribution in [0.1, 0.15) is 54.2 Å². The molecule has 0 unspecified atom stereocenters. The predicted molar refractivity (Wildman–Crippen MR) is 106 cm³/mol. The van der Waals surface area contributed by atoms with Crippen LogP contribution in [0, 0.1) is 12.8 Å². The summed E-state index contributed by atoms with van der Waals surface area (Å²) in [5, 5.41) is 3.75. The van der Waals surface area contributed by atoms with Gasteiger partial charge < -0.3 is 14.8 Å². The van der Waals surface area contributed by atoms with Crippen LogP contribution in [0.4, 0.5) is 5.69 Å². The van der Waals surface area contributed by atoms with Crippen LogP contribution in [0.5, 0.6) is 0 Å². The largest absolute Gasteiger partial charge is 0.466 e. The van der Waals surface area contributed by atoms with Gasteiger partial charge in [0, 0.05) is 23.8 Å². The van der Waals surface area contributed by atoms with E-state index >= 15 is 0 Å². The van der Waals surface area contributed by atoms with Crippen LogP contribution in [0.2, 0.25) is 0 Å². The Hall–Kier alpha value is -2.33. The fourth-order valence-corrected chi connectivity index (χ4v) is 4.40. The topological polar surface area (TPSA) is 47.6 Å². The molecule has 27 heavy (non-hydrogen) atoms. The van der Waals surface area contributed by atoms with E-state index in [-0.39, 0.29) is 18.1 Å². The fourth-order valence-electron chi connectivity index (χ4n) is 4.40. The number of hydrogen-bond acceptors (Lipinski definition) is 4. The highest BCUT2D eigenvalue weighted by atomic mass is 16.5. The van der Waals surface area contributed by atoms with Crippen molar-refractivity contribution in [1.29, 1.82) is 0 Å². The van der Waals surface area contributed by atoms with Crippen molar-refractivity contribution >= 4 is 11.7 Å². The number of ether oxygens (including phenoxy) is 2. The minimum Gasteiger partial charge on any atom is -0.466 e. The Balaban J connectivity index is 1.65. The number of fused-ring (bicyclic) bond motifs is 3. The number of aryl methyl sites for hydroxylation is 1. The van der Waals surface area contributed by atoms with Crippen molar-refractivity contribution in [3.05, 3.63) is 64.7 Å². The summed E-state index contributed by atoms with van der Waals surface area (Å²) in [5.74, 6) is 0.219. The van der Waals surface area contributed by atoms with Gasteiger partial charge in [0.1, 0.15) is 0 Å². The van der Waals surface area contributed by atoms with Gasteiger partial charge in [-0.2, -0.15) is 0 Å². The molecule has 0 aromatic heterocycles. The highest BCUT2D eigenvalue weighted by Gasteiger charge is 2.39. The zero-order valence-corrected chi connectivity index (χ0v) is 16.0. The van der Waals surface area contributed by atoms with Gasteiger partial charge in [0.25, 0.3) is 0 Å². The molecule has 1 N–H and O–H groups in total. The molecule has 4 heteroatoms. The second-order valence-corrected chi connectivity index (χ2v) is 7.54. The molecule has 142 valence electrons. The Morgan fingerprint density at radius 1 is 1.26 bits per heavy atom. The molecule has 2 heterocycles. The van der Waals surface area contributed by atoms with Crippen molar-refractivity contribution in [3.63, 3.8) is 0 Å². The van der Waals surface area contributed by atoms with Crippen molar-refractivity contribution in [2.45, 2.75) is 45.3 Å². The molecule has 4 rings (SSSR count). The number of hydrogen-bond donors (Lipinski definition) is 1. The molecule has 0 bridgehead atoms. The molecule has 4 nitrogen and oxygen atoms in total. The molecular weight excluding hydrogens is 338 g/mol. The molecule has 0 radical (unpaired) electrons. The SMILES string of the molecule is CCOC(=O)Cc1cccc([C@H]2Nc3ccc(C)cc3[C@@H]3OCCC[C@H]23)c1. The number of anilines is 1. The van der Waals surface area contributed by atoms with E-state index < -0.39 is 0 Å². The van der Waals surface area contributed by atoms with E-state index in [0.29, 0.717) is 18.9 Å². The second-order valence-electron chi connectivity index (χ2n) is 7.54. The zero-order valence-electron chi connectivity index (χ0n) is 16.0. The van der Waals surface area contributed by atoms with Gasteiger partial charge in [-0.05, 0) is 43.9 Å². The first-order valence-electron chi connectivity index (χ1n) is 9.89. The Kier molecular flexibility index (Phi) is 5.17. The molecule has 2 aromatic carbocycles. The number of esters is 1. The van der Waals surface area contributed by atoms with Crippen LogP contribution in [0.25, 0.3) is 0 Å². The second kappa shape index (κ2) is 7.73. The minimum absolute atomic E-state index is 0.133. The Labute approximate surface area is 160 Å². The van der Waals surface area contributed by atoms with Gasteiger partial charge in [-0.3, -0.25) is 4.79 Å². The van der Waals surface area contributed by atoms with E-state index in [9.17, 15) is 4.79 Å². The third kappa shape index (κ3) is 3.72. The van der Waals surface area contributed by atoms with Crippen LogP contribution < -0.4 is 5.32 Å². The average Bonchev–Trinajstić information content (AvgIpc) is 2.68. The lowest BCUT2D eigenvalue weighted by Crippen LogP contribution is -2.36. The van der Waals surface area contributed by atoms with Gasteiger partial charge in [-0.15, -0.1) is 0 Å². The summed E-state index contributed by atoms with van der Waals surface area (Å²) in [6.07, 6.45) is 2.67. The highest BCUT2D eigenvalue weighted by molar-refractivity contribution is 5.72. The number of nitrogens with one attached hydrogen (secondary N) is 1. The van der Waals surface area contributed by atoms with Crippen molar-refractivity contribution < 1.29 is 14.3 Å². The number of carbonyl (C=O) groups excluding carboxylic acids is 1.